The van der Waals surface area contributed by atoms with Gasteiger partial charge >= 0.3 is 0 Å². The van der Waals surface area contributed by atoms with E-state index in [1.165, 1.54) is 6.07 Å². The van der Waals surface area contributed by atoms with Gasteiger partial charge in [-0.2, -0.15) is 15.8 Å². The van der Waals surface area contributed by atoms with Gasteiger partial charge in [-0.25, -0.2) is 8.78 Å². The lowest BCUT2D eigenvalue weighted by atomic mass is 9.54. The molecule has 3 rings (SSSR count). The van der Waals surface area contributed by atoms with Crippen molar-refractivity contribution in [1.29, 1.82) is 21.2 Å². The maximum absolute atomic E-state index is 13.9. The third-order valence-corrected chi connectivity index (χ3v) is 5.28. The molecule has 1 aromatic rings. The summed E-state index contributed by atoms with van der Waals surface area (Å²) in [5, 5.41) is 37.6. The van der Waals surface area contributed by atoms with Crippen LogP contribution in [-0.2, 0) is 0 Å². The molecule has 26 heavy (non-hydrogen) atoms. The maximum Gasteiger partial charge on any atom is 0.189 e. The Morgan fingerprint density at radius 2 is 1.88 bits per heavy atom. The van der Waals surface area contributed by atoms with Gasteiger partial charge in [0.05, 0.1) is 23.9 Å². The summed E-state index contributed by atoms with van der Waals surface area (Å²) >= 11 is 0. The van der Waals surface area contributed by atoms with E-state index in [4.69, 9.17) is 5.41 Å². The average molecular weight is 351 g/mol. The number of nitrogens with zero attached hydrogens (tertiary/aromatic N) is 4. The zero-order chi connectivity index (χ0) is 19.1. The zero-order valence-corrected chi connectivity index (χ0v) is 14.0. The predicted octanol–water partition coefficient (Wildman–Crippen LogP) is 2.74. The van der Waals surface area contributed by atoms with Crippen LogP contribution >= 0.6 is 0 Å². The van der Waals surface area contributed by atoms with E-state index in [2.05, 4.69) is 0 Å². The van der Waals surface area contributed by atoms with Crippen molar-refractivity contribution < 1.29 is 8.78 Å². The molecular formula is C19H15F2N5. The molecule has 1 aromatic carbocycles. The third kappa shape index (κ3) is 2.39. The number of nitriles is 3. The molecule has 1 heterocycles. The normalized spacial score (nSPS) is 27.5. The van der Waals surface area contributed by atoms with Gasteiger partial charge < -0.3 is 10.3 Å². The Kier molecular flexibility index (Phi) is 4.32. The minimum Gasteiger partial charge on any atom is -0.305 e. The Morgan fingerprint density at radius 1 is 1.19 bits per heavy atom. The summed E-state index contributed by atoms with van der Waals surface area (Å²) in [7, 11) is 1.86. The fourth-order valence-corrected chi connectivity index (χ4v) is 4.03. The van der Waals surface area contributed by atoms with E-state index < -0.39 is 34.8 Å². The molecular weight excluding hydrogens is 336 g/mol. The lowest BCUT2D eigenvalue weighted by Gasteiger charge is -2.47. The molecule has 1 fully saturated rings. The Hall–Kier alpha value is -3.08. The quantitative estimate of drug-likeness (QED) is 0.787. The number of benzene rings is 1. The van der Waals surface area contributed by atoms with Crippen molar-refractivity contribution in [3.8, 4) is 18.2 Å². The summed E-state index contributed by atoms with van der Waals surface area (Å²) in [5.74, 6) is -4.34. The van der Waals surface area contributed by atoms with Crippen LogP contribution in [0.1, 0.15) is 11.5 Å². The molecule has 0 bridgehead atoms. The summed E-state index contributed by atoms with van der Waals surface area (Å²) in [4.78, 5) is 1.96. The largest absolute Gasteiger partial charge is 0.305 e. The Balaban J connectivity index is 2.28. The van der Waals surface area contributed by atoms with Crippen LogP contribution in [0.4, 0.5) is 8.78 Å². The molecule has 3 atom stereocenters. The van der Waals surface area contributed by atoms with Crippen LogP contribution in [0.5, 0.6) is 0 Å². The van der Waals surface area contributed by atoms with Gasteiger partial charge in [-0.05, 0) is 30.3 Å². The first-order valence-corrected chi connectivity index (χ1v) is 8.04. The minimum atomic E-state index is -1.91. The standard InChI is InChI=1S/C19H15F2N5/c1-26-5-4-12-13(7-22)18(25)19(9-23,10-24)17(14(12)8-26)11-2-3-15(20)16(21)6-11/h2-4,6,13-14,17,25H,5,8H2,1H3/t13?,14-,17+/m0/s1. The van der Waals surface area contributed by atoms with Gasteiger partial charge in [0.15, 0.2) is 17.0 Å². The van der Waals surface area contributed by atoms with Crippen LogP contribution in [0.3, 0.4) is 0 Å². The summed E-state index contributed by atoms with van der Waals surface area (Å²) in [6, 6.07) is 9.15. The average Bonchev–Trinajstić information content (AvgIpc) is 2.63. The summed E-state index contributed by atoms with van der Waals surface area (Å²) in [5.41, 5.74) is -1.26. The molecule has 1 aliphatic heterocycles. The van der Waals surface area contributed by atoms with Gasteiger partial charge in [0, 0.05) is 24.9 Å². The molecule has 1 aliphatic carbocycles. The number of likely N-dealkylation sites (N-methyl/N-ethyl adjacent to an activating group) is 1. The van der Waals surface area contributed by atoms with Crippen molar-refractivity contribution in [2.75, 3.05) is 20.1 Å². The second kappa shape index (κ2) is 6.33. The van der Waals surface area contributed by atoms with Crippen LogP contribution in [0.2, 0.25) is 0 Å². The molecule has 1 N–H and O–H groups in total. The second-order valence-electron chi connectivity index (χ2n) is 6.69. The van der Waals surface area contributed by atoms with Crippen molar-refractivity contribution in [2.45, 2.75) is 5.92 Å². The van der Waals surface area contributed by atoms with Gasteiger partial charge in [-0.1, -0.05) is 12.1 Å². The van der Waals surface area contributed by atoms with E-state index in [0.29, 0.717) is 18.7 Å². The molecule has 1 unspecified atom stereocenters. The monoisotopic (exact) mass is 351 g/mol. The Labute approximate surface area is 149 Å². The zero-order valence-electron chi connectivity index (χ0n) is 14.0. The van der Waals surface area contributed by atoms with Gasteiger partial charge in [-0.3, -0.25) is 0 Å². The molecule has 0 radical (unpaired) electrons. The number of nitrogens with one attached hydrogen (secondary N) is 1. The highest BCUT2D eigenvalue weighted by atomic mass is 19.2. The van der Waals surface area contributed by atoms with E-state index in [1.807, 2.05) is 36.2 Å². The Bertz CT molecular complexity index is 917. The number of halogens is 2. The molecule has 5 nitrogen and oxygen atoms in total. The van der Waals surface area contributed by atoms with E-state index in [-0.39, 0.29) is 11.3 Å². The van der Waals surface area contributed by atoms with Crippen molar-refractivity contribution in [3.63, 3.8) is 0 Å². The number of hydrogen-bond donors (Lipinski definition) is 1. The van der Waals surface area contributed by atoms with Crippen molar-refractivity contribution in [3.05, 3.63) is 47.0 Å². The fraction of sp³-hybridized carbons (Fsp3) is 0.368. The van der Waals surface area contributed by atoms with Crippen molar-refractivity contribution in [2.24, 2.45) is 17.3 Å². The minimum absolute atomic E-state index is 0.277. The van der Waals surface area contributed by atoms with Crippen LogP contribution < -0.4 is 0 Å². The third-order valence-electron chi connectivity index (χ3n) is 5.28. The topological polar surface area (TPSA) is 98.5 Å². The van der Waals surface area contributed by atoms with Crippen LogP contribution in [-0.4, -0.2) is 30.7 Å². The van der Waals surface area contributed by atoms with E-state index in [0.717, 1.165) is 12.1 Å². The molecule has 0 amide bonds. The van der Waals surface area contributed by atoms with Gasteiger partial charge in [-0.15, -0.1) is 0 Å². The Morgan fingerprint density at radius 3 is 2.46 bits per heavy atom. The second-order valence-corrected chi connectivity index (χ2v) is 6.69. The number of fused-ring (bicyclic) bond motifs is 1. The molecule has 1 saturated carbocycles. The SMILES string of the molecule is CN1CC=C2C(C#N)C(=N)C(C#N)(C#N)[C@H](c3ccc(F)c(F)c3)[C@H]2C1. The first-order valence-electron chi connectivity index (χ1n) is 8.04. The highest BCUT2D eigenvalue weighted by molar-refractivity contribution is 6.00. The summed E-state index contributed by atoms with van der Waals surface area (Å²) < 4.78 is 27.3. The lowest BCUT2D eigenvalue weighted by molar-refractivity contribution is 0.234. The highest BCUT2D eigenvalue weighted by Gasteiger charge is 2.57. The molecule has 0 saturated heterocycles. The van der Waals surface area contributed by atoms with Gasteiger partial charge in [0.2, 0.25) is 0 Å². The first kappa shape index (κ1) is 17.7. The summed E-state index contributed by atoms with van der Waals surface area (Å²) in [6.45, 7) is 1.03. The molecule has 0 spiro atoms. The number of hydrogen-bond acceptors (Lipinski definition) is 5. The van der Waals surface area contributed by atoms with Crippen molar-refractivity contribution in [1.82, 2.24) is 4.90 Å². The number of rotatable bonds is 1. The van der Waals surface area contributed by atoms with Crippen molar-refractivity contribution >= 4 is 5.71 Å². The first-order chi connectivity index (χ1) is 12.4. The van der Waals surface area contributed by atoms with Crippen LogP contribution in [0.25, 0.3) is 0 Å². The lowest BCUT2D eigenvalue weighted by Crippen LogP contribution is -2.52. The molecule has 7 heteroatoms. The van der Waals surface area contributed by atoms with E-state index >= 15 is 0 Å². The molecule has 0 aromatic heterocycles. The van der Waals surface area contributed by atoms with Gasteiger partial charge in [0.1, 0.15) is 5.92 Å². The molecule has 2 aliphatic rings. The van der Waals surface area contributed by atoms with E-state index in [9.17, 15) is 24.6 Å². The fourth-order valence-electron chi connectivity index (χ4n) is 4.03. The predicted molar refractivity (Wildman–Crippen MR) is 88.7 cm³/mol. The van der Waals surface area contributed by atoms with Crippen LogP contribution in [0, 0.1) is 68.3 Å². The highest BCUT2D eigenvalue weighted by Crippen LogP contribution is 2.53. The smallest absolute Gasteiger partial charge is 0.189 e. The van der Waals surface area contributed by atoms with Gasteiger partial charge in [0.25, 0.3) is 0 Å². The maximum atomic E-state index is 13.9. The molecule has 130 valence electrons. The van der Waals surface area contributed by atoms with E-state index in [1.54, 1.807) is 0 Å². The summed E-state index contributed by atoms with van der Waals surface area (Å²) in [6.07, 6.45) is 1.84. The van der Waals surface area contributed by atoms with Crippen LogP contribution in [0.15, 0.2) is 29.8 Å².